The molecule has 0 saturated carbocycles. The van der Waals surface area contributed by atoms with E-state index in [1.54, 1.807) is 12.1 Å². The van der Waals surface area contributed by atoms with Crippen LogP contribution >= 0.6 is 22.6 Å². The topological polar surface area (TPSA) is 29.1 Å². The Kier molecular flexibility index (Phi) is 4.15. The van der Waals surface area contributed by atoms with Gasteiger partial charge in [-0.05, 0) is 54.0 Å². The zero-order chi connectivity index (χ0) is 12.3. The van der Waals surface area contributed by atoms with Crippen LogP contribution in [0.5, 0.6) is 0 Å². The third kappa shape index (κ3) is 3.06. The molecule has 1 aliphatic rings. The summed E-state index contributed by atoms with van der Waals surface area (Å²) in [4.78, 5) is 12.0. The molecule has 0 radical (unpaired) electrons. The molecule has 90 valence electrons. The lowest BCUT2D eigenvalue weighted by atomic mass is 10.0. The van der Waals surface area contributed by atoms with Crippen molar-refractivity contribution in [2.24, 2.45) is 0 Å². The van der Waals surface area contributed by atoms with Crippen LogP contribution in [0.3, 0.4) is 0 Å². The predicted molar refractivity (Wildman–Crippen MR) is 73.4 cm³/mol. The Morgan fingerprint density at radius 1 is 1.47 bits per heavy atom. The lowest BCUT2D eigenvalue weighted by molar-refractivity contribution is 0.0937. The number of halogens is 2. The molecule has 1 aromatic carbocycles. The van der Waals surface area contributed by atoms with Crippen molar-refractivity contribution in [2.45, 2.75) is 25.3 Å². The summed E-state index contributed by atoms with van der Waals surface area (Å²) in [6, 6.07) is 4.68. The molecule has 1 aromatic rings. The van der Waals surface area contributed by atoms with Crippen LogP contribution in [0.15, 0.2) is 30.4 Å². The number of hydrogen-bond donors (Lipinski definition) is 1. The number of allylic oxidation sites excluding steroid dienone is 1. The third-order valence-corrected chi connectivity index (χ3v) is 3.66. The number of benzene rings is 1. The molecule has 0 aliphatic heterocycles. The molecule has 0 bridgehead atoms. The van der Waals surface area contributed by atoms with Crippen molar-refractivity contribution in [3.05, 3.63) is 45.3 Å². The molecule has 1 aliphatic carbocycles. The van der Waals surface area contributed by atoms with E-state index >= 15 is 0 Å². The van der Waals surface area contributed by atoms with Gasteiger partial charge < -0.3 is 5.32 Å². The molecule has 2 rings (SSSR count). The fourth-order valence-electron chi connectivity index (χ4n) is 1.89. The normalized spacial score (nSPS) is 19.1. The molecule has 1 atom stereocenters. The molecule has 17 heavy (non-hydrogen) atoms. The quantitative estimate of drug-likeness (QED) is 0.647. The first-order valence-corrected chi connectivity index (χ1v) is 6.68. The van der Waals surface area contributed by atoms with Gasteiger partial charge in [-0.15, -0.1) is 0 Å². The van der Waals surface area contributed by atoms with Crippen molar-refractivity contribution in [1.82, 2.24) is 5.32 Å². The first-order chi connectivity index (χ1) is 8.18. The molecule has 1 N–H and O–H groups in total. The van der Waals surface area contributed by atoms with Crippen LogP contribution in [0.25, 0.3) is 0 Å². The van der Waals surface area contributed by atoms with E-state index in [0.717, 1.165) is 19.3 Å². The minimum Gasteiger partial charge on any atom is -0.346 e. The SMILES string of the molecule is O=C(N[C@@H]1C=CCCC1)c1c(F)cccc1I. The Morgan fingerprint density at radius 3 is 2.94 bits per heavy atom. The minimum absolute atomic E-state index is 0.0339. The van der Waals surface area contributed by atoms with Crippen LogP contribution in [0.4, 0.5) is 4.39 Å². The molecule has 4 heteroatoms. The Bertz CT molecular complexity index is 438. The lowest BCUT2D eigenvalue weighted by Gasteiger charge is -2.18. The molecular formula is C13H13FINO. The van der Waals surface area contributed by atoms with Crippen molar-refractivity contribution >= 4 is 28.5 Å². The van der Waals surface area contributed by atoms with Gasteiger partial charge in [-0.2, -0.15) is 0 Å². The summed E-state index contributed by atoms with van der Waals surface area (Å²) in [5.41, 5.74) is 0.145. The van der Waals surface area contributed by atoms with Gasteiger partial charge in [-0.3, -0.25) is 4.79 Å². The van der Waals surface area contributed by atoms with Crippen molar-refractivity contribution in [3.8, 4) is 0 Å². The highest BCUT2D eigenvalue weighted by molar-refractivity contribution is 14.1. The van der Waals surface area contributed by atoms with E-state index in [4.69, 9.17) is 0 Å². The standard InChI is InChI=1S/C13H13FINO/c14-10-7-4-8-11(15)12(10)13(17)16-9-5-2-1-3-6-9/h2,4-5,7-9H,1,3,6H2,(H,16,17)/t9-/m1/s1. The zero-order valence-electron chi connectivity index (χ0n) is 9.25. The van der Waals surface area contributed by atoms with Gasteiger partial charge in [-0.1, -0.05) is 18.2 Å². The molecular weight excluding hydrogens is 332 g/mol. The fourth-order valence-corrected chi connectivity index (χ4v) is 2.60. The van der Waals surface area contributed by atoms with Gasteiger partial charge in [0.15, 0.2) is 0 Å². The monoisotopic (exact) mass is 345 g/mol. The van der Waals surface area contributed by atoms with Crippen LogP contribution in [0.2, 0.25) is 0 Å². The van der Waals surface area contributed by atoms with E-state index in [9.17, 15) is 9.18 Å². The Balaban J connectivity index is 2.14. The number of nitrogens with one attached hydrogen (secondary N) is 1. The number of carbonyl (C=O) groups excluding carboxylic acids is 1. The van der Waals surface area contributed by atoms with Crippen molar-refractivity contribution < 1.29 is 9.18 Å². The zero-order valence-corrected chi connectivity index (χ0v) is 11.4. The van der Waals surface area contributed by atoms with Gasteiger partial charge in [0, 0.05) is 9.61 Å². The van der Waals surface area contributed by atoms with Crippen LogP contribution in [-0.4, -0.2) is 11.9 Å². The van der Waals surface area contributed by atoms with Gasteiger partial charge in [0.2, 0.25) is 0 Å². The van der Waals surface area contributed by atoms with Crippen LogP contribution in [0, 0.1) is 9.39 Å². The van der Waals surface area contributed by atoms with E-state index < -0.39 is 5.82 Å². The number of rotatable bonds is 2. The highest BCUT2D eigenvalue weighted by Crippen LogP contribution is 2.17. The van der Waals surface area contributed by atoms with E-state index in [1.807, 2.05) is 28.7 Å². The summed E-state index contributed by atoms with van der Waals surface area (Å²) in [5.74, 6) is -0.793. The van der Waals surface area contributed by atoms with Crippen molar-refractivity contribution in [3.63, 3.8) is 0 Å². The molecule has 0 aromatic heterocycles. The summed E-state index contributed by atoms with van der Waals surface area (Å²) < 4.78 is 14.2. The Hall–Kier alpha value is -0.910. The van der Waals surface area contributed by atoms with Gasteiger partial charge in [0.1, 0.15) is 5.82 Å². The maximum atomic E-state index is 13.6. The van der Waals surface area contributed by atoms with E-state index in [-0.39, 0.29) is 17.5 Å². The largest absolute Gasteiger partial charge is 0.346 e. The molecule has 0 fully saturated rings. The molecule has 1 amide bonds. The first kappa shape index (κ1) is 12.5. The Morgan fingerprint density at radius 2 is 2.29 bits per heavy atom. The number of carbonyl (C=O) groups is 1. The summed E-state index contributed by atoms with van der Waals surface area (Å²) in [6.45, 7) is 0. The third-order valence-electron chi connectivity index (χ3n) is 2.76. The molecule has 2 nitrogen and oxygen atoms in total. The minimum atomic E-state index is -0.464. The predicted octanol–water partition coefficient (Wildman–Crippen LogP) is 3.27. The maximum absolute atomic E-state index is 13.6. The smallest absolute Gasteiger partial charge is 0.255 e. The number of amides is 1. The van der Waals surface area contributed by atoms with E-state index in [2.05, 4.69) is 11.4 Å². The summed E-state index contributed by atoms with van der Waals surface area (Å²) in [6.07, 6.45) is 7.09. The number of hydrogen-bond acceptors (Lipinski definition) is 1. The average molecular weight is 345 g/mol. The van der Waals surface area contributed by atoms with Gasteiger partial charge in [-0.25, -0.2) is 4.39 Å². The maximum Gasteiger partial charge on any atom is 0.255 e. The van der Waals surface area contributed by atoms with E-state index in [0.29, 0.717) is 3.57 Å². The second-order valence-electron chi connectivity index (χ2n) is 4.04. The van der Waals surface area contributed by atoms with Crippen LogP contribution < -0.4 is 5.32 Å². The van der Waals surface area contributed by atoms with Crippen LogP contribution in [-0.2, 0) is 0 Å². The van der Waals surface area contributed by atoms with Gasteiger partial charge in [0.25, 0.3) is 5.91 Å². The van der Waals surface area contributed by atoms with Crippen LogP contribution in [0.1, 0.15) is 29.6 Å². The van der Waals surface area contributed by atoms with Gasteiger partial charge >= 0.3 is 0 Å². The average Bonchev–Trinajstić information content (AvgIpc) is 2.30. The summed E-state index contributed by atoms with van der Waals surface area (Å²) in [7, 11) is 0. The highest BCUT2D eigenvalue weighted by atomic mass is 127. The summed E-state index contributed by atoms with van der Waals surface area (Å²) in [5, 5.41) is 2.85. The van der Waals surface area contributed by atoms with Gasteiger partial charge in [0.05, 0.1) is 5.56 Å². The summed E-state index contributed by atoms with van der Waals surface area (Å²) >= 11 is 1.98. The molecule has 0 unspecified atom stereocenters. The lowest BCUT2D eigenvalue weighted by Crippen LogP contribution is -2.35. The molecule has 0 heterocycles. The van der Waals surface area contributed by atoms with E-state index in [1.165, 1.54) is 6.07 Å². The van der Waals surface area contributed by atoms with Crippen molar-refractivity contribution in [1.29, 1.82) is 0 Å². The molecule has 0 saturated heterocycles. The van der Waals surface area contributed by atoms with Crippen molar-refractivity contribution in [2.75, 3.05) is 0 Å². The first-order valence-electron chi connectivity index (χ1n) is 5.60. The highest BCUT2D eigenvalue weighted by Gasteiger charge is 2.18. The Labute approximate surface area is 113 Å². The second-order valence-corrected chi connectivity index (χ2v) is 5.20. The molecule has 0 spiro atoms. The fraction of sp³-hybridized carbons (Fsp3) is 0.308. The second kappa shape index (κ2) is 5.62.